The second-order valence-electron chi connectivity index (χ2n) is 3.14. The molecule has 2 aromatic rings. The van der Waals surface area contributed by atoms with Crippen molar-refractivity contribution < 1.29 is 4.57 Å². The summed E-state index contributed by atoms with van der Waals surface area (Å²) in [5, 5.41) is 0. The van der Waals surface area contributed by atoms with Crippen LogP contribution in [0, 0.1) is 0 Å². The molecule has 1 aromatic heterocycles. The predicted molar refractivity (Wildman–Crippen MR) is 59.9 cm³/mol. The van der Waals surface area contributed by atoms with Gasteiger partial charge in [-0.3, -0.25) is 0 Å². The number of aromatic nitrogens is 1. The quantitative estimate of drug-likeness (QED) is 0.569. The highest BCUT2D eigenvalue weighted by Gasteiger charge is 2.05. The molecule has 0 amide bonds. The molecule has 2 heteroatoms. The van der Waals surface area contributed by atoms with Crippen molar-refractivity contribution in [3.05, 3.63) is 64.9 Å². The third kappa shape index (κ3) is 2.20. The van der Waals surface area contributed by atoms with E-state index in [1.807, 2.05) is 24.3 Å². The van der Waals surface area contributed by atoms with Crippen LogP contribution in [0.25, 0.3) is 0 Å². The SMILES string of the molecule is Brc1cccc[n+]1Cc1ccccc1. The van der Waals surface area contributed by atoms with Gasteiger partial charge in [0.25, 0.3) is 0 Å². The van der Waals surface area contributed by atoms with Crippen LogP contribution in [0.2, 0.25) is 0 Å². The van der Waals surface area contributed by atoms with Crippen LogP contribution in [0.15, 0.2) is 59.3 Å². The van der Waals surface area contributed by atoms with Crippen LogP contribution in [-0.4, -0.2) is 0 Å². The Labute approximate surface area is 92.2 Å². The summed E-state index contributed by atoms with van der Waals surface area (Å²) >= 11 is 3.52. The van der Waals surface area contributed by atoms with Crippen molar-refractivity contribution in [3.63, 3.8) is 0 Å². The molecule has 0 aliphatic rings. The Morgan fingerprint density at radius 3 is 2.36 bits per heavy atom. The van der Waals surface area contributed by atoms with E-state index >= 15 is 0 Å². The fraction of sp³-hybridized carbons (Fsp3) is 0.0833. The van der Waals surface area contributed by atoms with E-state index < -0.39 is 0 Å². The molecule has 1 aromatic carbocycles. The molecule has 0 unspecified atom stereocenters. The van der Waals surface area contributed by atoms with Gasteiger partial charge in [0.05, 0.1) is 0 Å². The van der Waals surface area contributed by atoms with E-state index in [0.717, 1.165) is 11.1 Å². The van der Waals surface area contributed by atoms with Gasteiger partial charge in [-0.1, -0.05) is 30.3 Å². The molecule has 0 saturated carbocycles. The average Bonchev–Trinajstić information content (AvgIpc) is 2.23. The number of pyridine rings is 1. The average molecular weight is 249 g/mol. The van der Waals surface area contributed by atoms with Crippen molar-refractivity contribution in [3.8, 4) is 0 Å². The molecule has 0 radical (unpaired) electrons. The van der Waals surface area contributed by atoms with Crippen molar-refractivity contribution >= 4 is 15.9 Å². The second kappa shape index (κ2) is 4.38. The zero-order valence-electron chi connectivity index (χ0n) is 7.73. The smallest absolute Gasteiger partial charge is 0.188 e. The Hall–Kier alpha value is -1.15. The summed E-state index contributed by atoms with van der Waals surface area (Å²) in [7, 11) is 0. The fourth-order valence-electron chi connectivity index (χ4n) is 1.36. The summed E-state index contributed by atoms with van der Waals surface area (Å²) in [4.78, 5) is 0. The number of nitrogens with zero attached hydrogens (tertiary/aromatic N) is 1. The number of hydrogen-bond acceptors (Lipinski definition) is 0. The van der Waals surface area contributed by atoms with Crippen molar-refractivity contribution in [1.29, 1.82) is 0 Å². The number of halogens is 1. The van der Waals surface area contributed by atoms with E-state index in [0.29, 0.717) is 0 Å². The molecule has 1 heterocycles. The van der Waals surface area contributed by atoms with Crippen LogP contribution in [0.3, 0.4) is 0 Å². The summed E-state index contributed by atoms with van der Waals surface area (Å²) in [5.41, 5.74) is 1.31. The van der Waals surface area contributed by atoms with E-state index in [4.69, 9.17) is 0 Å². The second-order valence-corrected chi connectivity index (χ2v) is 3.95. The highest BCUT2D eigenvalue weighted by molar-refractivity contribution is 9.10. The molecule has 0 aliphatic heterocycles. The Kier molecular flexibility index (Phi) is 2.94. The number of rotatable bonds is 2. The summed E-state index contributed by atoms with van der Waals surface area (Å²) in [6.45, 7) is 0.905. The summed E-state index contributed by atoms with van der Waals surface area (Å²) in [6, 6.07) is 16.5. The molecule has 14 heavy (non-hydrogen) atoms. The minimum atomic E-state index is 0.905. The van der Waals surface area contributed by atoms with Crippen LogP contribution >= 0.6 is 15.9 Å². The molecule has 2 rings (SSSR count). The fourth-order valence-corrected chi connectivity index (χ4v) is 1.76. The maximum absolute atomic E-state index is 3.52. The molecular formula is C12H11BrN+. The molecule has 0 spiro atoms. The van der Waals surface area contributed by atoms with Gasteiger partial charge in [0, 0.05) is 33.6 Å². The van der Waals surface area contributed by atoms with Gasteiger partial charge in [0.15, 0.2) is 12.7 Å². The third-order valence-corrected chi connectivity index (χ3v) is 2.80. The summed E-state index contributed by atoms with van der Waals surface area (Å²) in [6.07, 6.45) is 2.07. The number of hydrogen-bond donors (Lipinski definition) is 0. The Balaban J connectivity index is 2.24. The van der Waals surface area contributed by atoms with E-state index in [1.54, 1.807) is 0 Å². The normalized spacial score (nSPS) is 10.1. The van der Waals surface area contributed by atoms with E-state index in [9.17, 15) is 0 Å². The lowest BCUT2D eigenvalue weighted by Crippen LogP contribution is -2.35. The first-order chi connectivity index (χ1) is 6.86. The maximum Gasteiger partial charge on any atom is 0.248 e. The lowest BCUT2D eigenvalue weighted by molar-refractivity contribution is -0.699. The van der Waals surface area contributed by atoms with Crippen LogP contribution in [0.1, 0.15) is 5.56 Å². The van der Waals surface area contributed by atoms with Crippen molar-refractivity contribution in [1.82, 2.24) is 0 Å². The Bertz CT molecular complexity index is 412. The third-order valence-electron chi connectivity index (χ3n) is 2.08. The zero-order valence-corrected chi connectivity index (χ0v) is 9.31. The van der Waals surface area contributed by atoms with Crippen LogP contribution in [0.5, 0.6) is 0 Å². The highest BCUT2D eigenvalue weighted by atomic mass is 79.9. The molecule has 0 N–H and O–H groups in total. The molecular weight excluding hydrogens is 238 g/mol. The van der Waals surface area contributed by atoms with Crippen molar-refractivity contribution in [2.75, 3.05) is 0 Å². The van der Waals surface area contributed by atoms with Gasteiger partial charge in [-0.05, 0) is 6.07 Å². The Morgan fingerprint density at radius 2 is 1.64 bits per heavy atom. The Morgan fingerprint density at radius 1 is 0.929 bits per heavy atom. The largest absolute Gasteiger partial charge is 0.248 e. The lowest BCUT2D eigenvalue weighted by atomic mass is 10.2. The zero-order chi connectivity index (χ0) is 9.80. The van der Waals surface area contributed by atoms with E-state index in [-0.39, 0.29) is 0 Å². The first kappa shape index (κ1) is 9.41. The van der Waals surface area contributed by atoms with Gasteiger partial charge in [0.2, 0.25) is 4.60 Å². The van der Waals surface area contributed by atoms with Crippen LogP contribution in [-0.2, 0) is 6.54 Å². The minimum Gasteiger partial charge on any atom is -0.188 e. The molecule has 0 saturated heterocycles. The standard InChI is InChI=1S/C12H11BrN/c13-12-8-4-5-9-14(12)10-11-6-2-1-3-7-11/h1-9H,10H2/q+1. The van der Waals surface area contributed by atoms with Crippen molar-refractivity contribution in [2.24, 2.45) is 0 Å². The summed E-state index contributed by atoms with van der Waals surface area (Å²) < 4.78 is 3.26. The van der Waals surface area contributed by atoms with Crippen molar-refractivity contribution in [2.45, 2.75) is 6.54 Å². The van der Waals surface area contributed by atoms with Gasteiger partial charge in [-0.25, -0.2) is 0 Å². The predicted octanol–water partition coefficient (Wildman–Crippen LogP) is 2.78. The molecule has 1 nitrogen and oxygen atoms in total. The van der Waals surface area contributed by atoms with E-state index in [1.165, 1.54) is 5.56 Å². The summed E-state index contributed by atoms with van der Waals surface area (Å²) in [5.74, 6) is 0. The van der Waals surface area contributed by atoms with E-state index in [2.05, 4.69) is 51.0 Å². The van der Waals surface area contributed by atoms with Crippen LogP contribution in [0.4, 0.5) is 0 Å². The minimum absolute atomic E-state index is 0.905. The first-order valence-corrected chi connectivity index (χ1v) is 5.33. The first-order valence-electron chi connectivity index (χ1n) is 4.54. The van der Waals surface area contributed by atoms with Gasteiger partial charge in [-0.15, -0.1) is 0 Å². The van der Waals surface area contributed by atoms with Gasteiger partial charge >= 0.3 is 0 Å². The maximum atomic E-state index is 3.52. The molecule has 0 bridgehead atoms. The number of benzene rings is 1. The molecule has 70 valence electrons. The molecule has 0 atom stereocenters. The van der Waals surface area contributed by atoms with Gasteiger partial charge in [0.1, 0.15) is 0 Å². The highest BCUT2D eigenvalue weighted by Crippen LogP contribution is 2.03. The van der Waals surface area contributed by atoms with Gasteiger partial charge < -0.3 is 0 Å². The molecule has 0 aliphatic carbocycles. The monoisotopic (exact) mass is 248 g/mol. The van der Waals surface area contributed by atoms with Crippen LogP contribution < -0.4 is 4.57 Å². The molecule has 0 fully saturated rings. The topological polar surface area (TPSA) is 3.88 Å². The lowest BCUT2D eigenvalue weighted by Gasteiger charge is -1.98. The van der Waals surface area contributed by atoms with Gasteiger partial charge in [-0.2, -0.15) is 4.57 Å².